The molecule has 0 aliphatic carbocycles. The standard InChI is InChI=1S/C12H14N4.2ClH/c1-2-5-10(6-3-1)16-9-14-15-12(16)11-7-4-8-13-11;;/h1-3,5-6,9,11,13H,4,7-8H2;2*1H. The molecule has 1 unspecified atom stereocenters. The molecule has 0 radical (unpaired) electrons. The molecule has 1 aromatic carbocycles. The minimum absolute atomic E-state index is 0. The number of hydrogen-bond donors (Lipinski definition) is 1. The third-order valence-electron chi connectivity index (χ3n) is 2.98. The zero-order valence-electron chi connectivity index (χ0n) is 9.82. The summed E-state index contributed by atoms with van der Waals surface area (Å²) in [6.45, 7) is 1.08. The molecular weight excluding hydrogens is 271 g/mol. The minimum Gasteiger partial charge on any atom is -0.307 e. The van der Waals surface area contributed by atoms with Gasteiger partial charge >= 0.3 is 0 Å². The van der Waals surface area contributed by atoms with Crippen molar-refractivity contribution in [3.8, 4) is 5.69 Å². The number of benzene rings is 1. The fourth-order valence-corrected chi connectivity index (χ4v) is 2.17. The highest BCUT2D eigenvalue weighted by Crippen LogP contribution is 2.22. The summed E-state index contributed by atoms with van der Waals surface area (Å²) in [5.41, 5.74) is 1.12. The lowest BCUT2D eigenvalue weighted by Gasteiger charge is -2.11. The van der Waals surface area contributed by atoms with Crippen LogP contribution in [0.15, 0.2) is 36.7 Å². The Labute approximate surface area is 119 Å². The first-order valence-corrected chi connectivity index (χ1v) is 5.64. The zero-order chi connectivity index (χ0) is 10.8. The van der Waals surface area contributed by atoms with Crippen molar-refractivity contribution in [1.29, 1.82) is 0 Å². The van der Waals surface area contributed by atoms with Crippen LogP contribution in [0.3, 0.4) is 0 Å². The fourth-order valence-electron chi connectivity index (χ4n) is 2.17. The molecule has 1 saturated heterocycles. The zero-order valence-corrected chi connectivity index (χ0v) is 11.5. The van der Waals surface area contributed by atoms with Gasteiger partial charge in [-0.15, -0.1) is 35.0 Å². The Morgan fingerprint density at radius 3 is 2.61 bits per heavy atom. The lowest BCUT2D eigenvalue weighted by molar-refractivity contribution is 0.592. The smallest absolute Gasteiger partial charge is 0.154 e. The van der Waals surface area contributed by atoms with E-state index in [0.29, 0.717) is 6.04 Å². The molecule has 3 rings (SSSR count). The summed E-state index contributed by atoms with van der Waals surface area (Å²) in [7, 11) is 0. The van der Waals surface area contributed by atoms with E-state index in [1.54, 1.807) is 6.33 Å². The third kappa shape index (κ3) is 2.83. The molecule has 98 valence electrons. The van der Waals surface area contributed by atoms with E-state index < -0.39 is 0 Å². The van der Waals surface area contributed by atoms with Gasteiger partial charge in [-0.3, -0.25) is 4.57 Å². The first kappa shape index (κ1) is 15.0. The van der Waals surface area contributed by atoms with E-state index in [1.165, 1.54) is 6.42 Å². The van der Waals surface area contributed by atoms with Crippen LogP contribution in [-0.2, 0) is 0 Å². The maximum Gasteiger partial charge on any atom is 0.154 e. The Hall–Kier alpha value is -1.10. The second-order valence-corrected chi connectivity index (χ2v) is 4.04. The van der Waals surface area contributed by atoms with Gasteiger partial charge in [0.15, 0.2) is 5.82 Å². The van der Waals surface area contributed by atoms with Gasteiger partial charge in [-0.2, -0.15) is 0 Å². The van der Waals surface area contributed by atoms with Crippen LogP contribution < -0.4 is 5.32 Å². The van der Waals surface area contributed by atoms with E-state index in [2.05, 4.69) is 32.2 Å². The van der Waals surface area contributed by atoms with Crippen molar-refractivity contribution < 1.29 is 0 Å². The quantitative estimate of drug-likeness (QED) is 0.923. The monoisotopic (exact) mass is 286 g/mol. The molecule has 0 amide bonds. The van der Waals surface area contributed by atoms with Crippen LogP contribution in [0.5, 0.6) is 0 Å². The third-order valence-corrected chi connectivity index (χ3v) is 2.98. The number of halogens is 2. The molecule has 6 heteroatoms. The van der Waals surface area contributed by atoms with Gasteiger partial charge in [0, 0.05) is 5.69 Å². The van der Waals surface area contributed by atoms with Crippen molar-refractivity contribution in [3.05, 3.63) is 42.5 Å². The van der Waals surface area contributed by atoms with E-state index in [4.69, 9.17) is 0 Å². The molecule has 1 atom stereocenters. The van der Waals surface area contributed by atoms with Crippen LogP contribution in [0.2, 0.25) is 0 Å². The van der Waals surface area contributed by atoms with Gasteiger partial charge in [0.2, 0.25) is 0 Å². The highest BCUT2D eigenvalue weighted by molar-refractivity contribution is 5.85. The normalized spacial score (nSPS) is 17.9. The van der Waals surface area contributed by atoms with Crippen LogP contribution >= 0.6 is 24.8 Å². The molecule has 1 fully saturated rings. The largest absolute Gasteiger partial charge is 0.307 e. The lowest BCUT2D eigenvalue weighted by Crippen LogP contribution is -2.17. The molecule has 1 aliphatic rings. The van der Waals surface area contributed by atoms with E-state index in [0.717, 1.165) is 24.5 Å². The van der Waals surface area contributed by atoms with Crippen molar-refractivity contribution in [3.63, 3.8) is 0 Å². The van der Waals surface area contributed by atoms with E-state index in [9.17, 15) is 0 Å². The molecule has 18 heavy (non-hydrogen) atoms. The van der Waals surface area contributed by atoms with Crippen molar-refractivity contribution in [1.82, 2.24) is 20.1 Å². The Morgan fingerprint density at radius 1 is 1.17 bits per heavy atom. The molecule has 0 saturated carbocycles. The molecular formula is C12H16Cl2N4. The topological polar surface area (TPSA) is 42.7 Å². The summed E-state index contributed by atoms with van der Waals surface area (Å²) in [6.07, 6.45) is 4.14. The summed E-state index contributed by atoms with van der Waals surface area (Å²) in [5, 5.41) is 11.7. The van der Waals surface area contributed by atoms with Crippen molar-refractivity contribution in [2.75, 3.05) is 6.54 Å². The number of para-hydroxylation sites is 1. The van der Waals surface area contributed by atoms with Crippen LogP contribution in [0.1, 0.15) is 24.7 Å². The summed E-state index contributed by atoms with van der Waals surface area (Å²) in [4.78, 5) is 0. The second kappa shape index (κ2) is 6.73. The first-order chi connectivity index (χ1) is 7.95. The van der Waals surface area contributed by atoms with Crippen molar-refractivity contribution >= 4 is 24.8 Å². The minimum atomic E-state index is 0. The second-order valence-electron chi connectivity index (χ2n) is 4.04. The number of hydrogen-bond acceptors (Lipinski definition) is 3. The summed E-state index contributed by atoms with van der Waals surface area (Å²) in [6, 6.07) is 10.6. The predicted molar refractivity (Wildman–Crippen MR) is 75.8 cm³/mol. The van der Waals surface area contributed by atoms with Gasteiger partial charge in [0.25, 0.3) is 0 Å². The maximum absolute atomic E-state index is 4.23. The molecule has 2 heterocycles. The first-order valence-electron chi connectivity index (χ1n) is 5.64. The van der Waals surface area contributed by atoms with E-state index in [1.807, 2.05) is 18.2 Å². The van der Waals surface area contributed by atoms with Gasteiger partial charge in [0.1, 0.15) is 6.33 Å². The van der Waals surface area contributed by atoms with E-state index >= 15 is 0 Å². The van der Waals surface area contributed by atoms with Crippen molar-refractivity contribution in [2.24, 2.45) is 0 Å². The summed E-state index contributed by atoms with van der Waals surface area (Å²) >= 11 is 0. The SMILES string of the molecule is Cl.Cl.c1ccc(-n2cnnc2C2CCCN2)cc1. The average molecular weight is 287 g/mol. The number of aromatic nitrogens is 3. The predicted octanol–water partition coefficient (Wildman–Crippen LogP) is 2.54. The van der Waals surface area contributed by atoms with Crippen LogP contribution in [0.25, 0.3) is 5.69 Å². The Bertz CT molecular complexity index is 466. The average Bonchev–Trinajstić information content (AvgIpc) is 3.01. The fraction of sp³-hybridized carbons (Fsp3) is 0.333. The molecule has 1 aromatic heterocycles. The lowest BCUT2D eigenvalue weighted by atomic mass is 10.2. The molecule has 1 aliphatic heterocycles. The van der Waals surface area contributed by atoms with Gasteiger partial charge in [0.05, 0.1) is 6.04 Å². The molecule has 0 spiro atoms. The number of nitrogens with zero attached hydrogens (tertiary/aromatic N) is 3. The molecule has 0 bridgehead atoms. The van der Waals surface area contributed by atoms with Crippen molar-refractivity contribution in [2.45, 2.75) is 18.9 Å². The van der Waals surface area contributed by atoms with Crippen LogP contribution in [0, 0.1) is 0 Å². The van der Waals surface area contributed by atoms with Gasteiger partial charge in [-0.25, -0.2) is 0 Å². The molecule has 4 nitrogen and oxygen atoms in total. The van der Waals surface area contributed by atoms with Crippen LogP contribution in [-0.4, -0.2) is 21.3 Å². The number of rotatable bonds is 2. The summed E-state index contributed by atoms with van der Waals surface area (Å²) < 4.78 is 2.06. The van der Waals surface area contributed by atoms with Gasteiger partial charge in [-0.05, 0) is 31.5 Å². The maximum atomic E-state index is 4.23. The Morgan fingerprint density at radius 2 is 1.94 bits per heavy atom. The highest BCUT2D eigenvalue weighted by atomic mass is 35.5. The molecule has 2 aromatic rings. The van der Waals surface area contributed by atoms with Crippen LogP contribution in [0.4, 0.5) is 0 Å². The summed E-state index contributed by atoms with van der Waals surface area (Å²) in [5.74, 6) is 1.02. The molecule has 1 N–H and O–H groups in total. The highest BCUT2D eigenvalue weighted by Gasteiger charge is 2.21. The van der Waals surface area contributed by atoms with Gasteiger partial charge in [-0.1, -0.05) is 18.2 Å². The van der Waals surface area contributed by atoms with E-state index in [-0.39, 0.29) is 24.8 Å². The number of nitrogens with one attached hydrogen (secondary N) is 1. The van der Waals surface area contributed by atoms with Gasteiger partial charge < -0.3 is 5.32 Å². The Balaban J connectivity index is 0.000000810. The Kier molecular flexibility index (Phi) is 5.59.